The van der Waals surface area contributed by atoms with Crippen LogP contribution in [0.1, 0.15) is 0 Å². The van der Waals surface area contributed by atoms with Crippen LogP contribution in [-0.2, 0) is 36.5 Å². The molecule has 0 aliphatic heterocycles. The van der Waals surface area contributed by atoms with Crippen molar-refractivity contribution >= 4 is 60.8 Å². The van der Waals surface area contributed by atoms with Gasteiger partial charge in [-0.3, -0.25) is 29.4 Å². The van der Waals surface area contributed by atoms with E-state index in [-0.39, 0.29) is 462 Å². The van der Waals surface area contributed by atoms with E-state index < -0.39 is 177 Å². The van der Waals surface area contributed by atoms with Crippen molar-refractivity contribution in [3.63, 3.8) is 0 Å². The second-order valence-electron chi connectivity index (χ2n) is 12.3. The fraction of sp³-hybridized carbons (Fsp3) is 1.00. The van der Waals surface area contributed by atoms with Gasteiger partial charge < -0.3 is 115 Å². The summed E-state index contributed by atoms with van der Waals surface area (Å²) >= 11 is 0. The molecule has 0 saturated heterocycles. The topological polar surface area (TPSA) is 525 Å². The molecule has 0 heterocycles. The first-order valence-corrected chi connectivity index (χ1v) is 28.9. The Balaban J connectivity index is -0.000000420. The number of hydrogen-bond donors (Lipinski definition) is 0. The van der Waals surface area contributed by atoms with Crippen molar-refractivity contribution in [3.8, 4) is 0 Å². The summed E-state index contributed by atoms with van der Waals surface area (Å²) in [4.78, 5) is 185. The molecule has 0 amide bonds. The first-order chi connectivity index (χ1) is 24.7. The van der Waals surface area contributed by atoms with Crippen LogP contribution in [0.15, 0.2) is 0 Å². The zero-order valence-electron chi connectivity index (χ0n) is 37.8. The van der Waals surface area contributed by atoms with Gasteiger partial charge in [0.2, 0.25) is 0 Å². The SMILES string of the molecule is O=P([O-])([O-])CN(CCN(CCN(CCN(CP(=O)([O-])[O-])CP(=O)([O-])[O-])CP(=O)([O-])[O-])CP(=O)([O-])[O-])CCN(CCN(CP(=O)([O-])[O-])CP(=O)([O-])[O-])CP(=O)([O-])[O-].[K+].[K+].[K+].[K+].[K+].[K+].[K+].[K+].[K+]. The van der Waals surface area contributed by atoms with E-state index >= 15 is 0 Å². The van der Waals surface area contributed by atoms with Crippen LogP contribution in [0, 0.1) is 0 Å². The van der Waals surface area contributed by atoms with Crippen LogP contribution < -0.4 is 541 Å². The van der Waals surface area contributed by atoms with Gasteiger partial charge in [-0.15, -0.1) is 0 Å². The van der Waals surface area contributed by atoms with Gasteiger partial charge in [-0.2, -0.15) is 0 Å². The quantitative estimate of drug-likeness (QED) is 0.0459. The number of hydrogen-bond acceptors (Lipinski definition) is 30. The van der Waals surface area contributed by atoms with E-state index in [1.165, 1.54) is 0 Å². The van der Waals surface area contributed by atoms with E-state index in [2.05, 4.69) is 0 Å². The molecule has 0 aliphatic carbocycles. The summed E-state index contributed by atoms with van der Waals surface area (Å²) in [6, 6.07) is 0. The van der Waals surface area contributed by atoms with Crippen LogP contribution >= 0.6 is 60.8 Å². The van der Waals surface area contributed by atoms with Crippen molar-refractivity contribution in [2.45, 2.75) is 0 Å². The maximum absolute atomic E-state index is 11.6. The minimum Gasteiger partial charge on any atom is -0.810 e. The fourth-order valence-corrected chi connectivity index (χ4v) is 11.1. The third-order valence-corrected chi connectivity index (χ3v) is 12.6. The van der Waals surface area contributed by atoms with Crippen LogP contribution in [0.4, 0.5) is 0 Å². The molecule has 0 bridgehead atoms. The summed E-state index contributed by atoms with van der Waals surface area (Å²) in [5, 5.41) is 0. The van der Waals surface area contributed by atoms with E-state index in [4.69, 9.17) is 0 Å². The van der Waals surface area contributed by atoms with Gasteiger partial charge in [-0.25, -0.2) is 0 Å². The molecule has 0 aromatic heterocycles. The minimum atomic E-state index is -5.52. The van der Waals surface area contributed by atoms with E-state index in [9.17, 15) is 115 Å². The smallest absolute Gasteiger partial charge is 0.810 e. The molecule has 0 saturated carbocycles. The zero-order valence-corrected chi connectivity index (χ0v) is 73.1. The van der Waals surface area contributed by atoms with Gasteiger partial charge in [0, 0.05) is 116 Å². The molecule has 0 fully saturated rings. The average molecular weight is 1320 g/mol. The molecule has 0 atom stereocenters. The van der Waals surface area contributed by atoms with E-state index in [1.807, 2.05) is 0 Å². The average Bonchev–Trinajstić information content (AvgIpc) is 2.87. The van der Waals surface area contributed by atoms with Crippen LogP contribution in [0.25, 0.3) is 0 Å². The standard InChI is InChI=1S/C18H52N6O24P8.9K/c25-49(26,27)11-19(3-5-21(13-51(31,32)33)7-9-23(15-53(37,38)39)16-54(40,41)42)1-2-20(12-50(28,29)30)4-6-22(14-52(34,35)36)8-10-24(17-55(43,44)45)18-56(46,47)48;;;;;;;;;/h1-18H2,(H2,25,26,27)(H2,28,29,30)(H2,31,32,33)(H2,34,35,36)(H2,37,38,39)(H2,40,41,42)(H2,43,44,45)(H2,46,47,48);;;;;;;;;/q;9*+1/p-16. The van der Waals surface area contributed by atoms with Gasteiger partial charge in [0.05, 0.1) is 0 Å². The molecule has 0 spiro atoms. The third kappa shape index (κ3) is 73.9. The Morgan fingerprint density at radius 1 is 0.185 bits per heavy atom. The van der Waals surface area contributed by atoms with E-state index in [0.717, 1.165) is 9.80 Å². The Kier molecular flexibility index (Phi) is 78.3. The third-order valence-electron chi connectivity index (χ3n) is 6.65. The normalized spacial score (nSPS) is 12.7. The second kappa shape index (κ2) is 49.6. The Morgan fingerprint density at radius 2 is 0.262 bits per heavy atom. The van der Waals surface area contributed by atoms with Gasteiger partial charge in [0.15, 0.2) is 0 Å². The summed E-state index contributed by atoms with van der Waals surface area (Å²) in [6.07, 6.45) is -11.6. The van der Waals surface area contributed by atoms with Crippen molar-refractivity contribution in [3.05, 3.63) is 0 Å². The summed E-state index contributed by atoms with van der Waals surface area (Å²) < 4.78 is 91.0. The molecule has 47 heteroatoms. The van der Waals surface area contributed by atoms with Crippen molar-refractivity contribution in [1.29, 1.82) is 0 Å². The van der Waals surface area contributed by atoms with Gasteiger partial charge in [-0.05, 0) is 0 Å². The van der Waals surface area contributed by atoms with Crippen LogP contribution in [0.3, 0.4) is 0 Å². The molecule has 0 rings (SSSR count). The Bertz CT molecular complexity index is 1470. The Morgan fingerprint density at radius 3 is 0.354 bits per heavy atom. The maximum Gasteiger partial charge on any atom is 1.00 e. The summed E-state index contributed by atoms with van der Waals surface area (Å²) in [7, 11) is -44.1. The van der Waals surface area contributed by atoms with Crippen LogP contribution in [0.2, 0.25) is 0 Å². The van der Waals surface area contributed by atoms with Crippen molar-refractivity contribution < 1.29 is 577 Å². The molecule has 0 unspecified atom stereocenters. The number of nitrogens with zero attached hydrogens (tertiary/aromatic N) is 6. The van der Waals surface area contributed by atoms with E-state index in [0.29, 0.717) is 19.6 Å². The Hall–Kier alpha value is 15.7. The zero-order chi connectivity index (χ0) is 44.2. The van der Waals surface area contributed by atoms with Crippen molar-refractivity contribution in [1.82, 2.24) is 29.4 Å². The predicted molar refractivity (Wildman–Crippen MR) is 159 cm³/mol. The number of rotatable bonds is 31. The van der Waals surface area contributed by atoms with Gasteiger partial charge in [-0.1, -0.05) is 60.8 Å². The molecule has 65 heavy (non-hydrogen) atoms. The monoisotopic (exact) mass is 1320 g/mol. The van der Waals surface area contributed by atoms with Gasteiger partial charge in [0.1, 0.15) is 0 Å². The van der Waals surface area contributed by atoms with Gasteiger partial charge in [0.25, 0.3) is 0 Å². The minimum absolute atomic E-state index is 0. The molecule has 0 aromatic rings. The molecule has 338 valence electrons. The maximum atomic E-state index is 11.6. The second-order valence-corrected chi connectivity index (χ2v) is 24.3. The summed E-state index contributed by atoms with van der Waals surface area (Å²) in [5.41, 5.74) is 0. The van der Waals surface area contributed by atoms with E-state index in [1.54, 1.807) is 0 Å². The molecule has 30 nitrogen and oxygen atoms in total. The molecule has 0 N–H and O–H groups in total. The first kappa shape index (κ1) is 103. The van der Waals surface area contributed by atoms with Crippen molar-refractivity contribution in [2.24, 2.45) is 0 Å². The molecule has 0 aliphatic rings. The summed E-state index contributed by atoms with van der Waals surface area (Å²) in [5.74, 6) is 0. The largest absolute Gasteiger partial charge is 1.00 e. The van der Waals surface area contributed by atoms with Gasteiger partial charge >= 0.3 is 462 Å². The van der Waals surface area contributed by atoms with Crippen LogP contribution in [0.5, 0.6) is 0 Å². The van der Waals surface area contributed by atoms with Crippen LogP contribution in [-0.4, -0.2) is 145 Å². The fourth-order valence-electron chi connectivity index (χ4n) is 4.76. The molecule has 0 radical (unpaired) electrons. The van der Waals surface area contributed by atoms with Crippen molar-refractivity contribution in [2.75, 3.05) is 116 Å². The first-order valence-electron chi connectivity index (χ1n) is 15.1. The molecule has 0 aromatic carbocycles. The predicted octanol–water partition coefficient (Wildman–Crippen LogP) is -41.2. The summed E-state index contributed by atoms with van der Waals surface area (Å²) in [6.45, 7) is -7.35. The molecular weight excluding hydrogens is 1280 g/mol. The molecular formula is C18H36K9N6O24P8-7. The Labute approximate surface area is 760 Å².